The number of piperazine rings is 1. The predicted octanol–water partition coefficient (Wildman–Crippen LogP) is 2.98. The number of hydrogen-bond donors (Lipinski definition) is 0. The van der Waals surface area contributed by atoms with Gasteiger partial charge in [0.1, 0.15) is 11.6 Å². The number of non-ortho nitro benzene ring substituents is 1. The van der Waals surface area contributed by atoms with Crippen molar-refractivity contribution in [2.24, 2.45) is 0 Å². The summed E-state index contributed by atoms with van der Waals surface area (Å²) in [6.45, 7) is 1.30. The molecule has 8 nitrogen and oxygen atoms in total. The van der Waals surface area contributed by atoms with Crippen LogP contribution in [0, 0.1) is 10.1 Å². The van der Waals surface area contributed by atoms with Crippen LogP contribution in [0.15, 0.2) is 36.5 Å². The summed E-state index contributed by atoms with van der Waals surface area (Å²) in [7, 11) is 1.37. The Hall–Kier alpha value is -3.37. The van der Waals surface area contributed by atoms with Gasteiger partial charge in [0.2, 0.25) is 0 Å². The molecule has 1 fully saturated rings. The Balaban J connectivity index is 1.70. The minimum absolute atomic E-state index is 0.0859. The van der Waals surface area contributed by atoms with E-state index in [0.29, 0.717) is 18.9 Å². The summed E-state index contributed by atoms with van der Waals surface area (Å²) in [6.07, 6.45) is -3.67. The molecular weight excluding hydrogens is 393 g/mol. The molecule has 29 heavy (non-hydrogen) atoms. The molecule has 0 spiro atoms. The molecule has 1 amide bonds. The number of anilines is 1. The fourth-order valence-electron chi connectivity index (χ4n) is 3.03. The van der Waals surface area contributed by atoms with Gasteiger partial charge >= 0.3 is 6.18 Å². The van der Waals surface area contributed by atoms with Crippen LogP contribution in [0.4, 0.5) is 24.7 Å². The van der Waals surface area contributed by atoms with Gasteiger partial charge in [0.15, 0.2) is 0 Å². The quantitative estimate of drug-likeness (QED) is 0.569. The molecule has 0 bridgehead atoms. The molecule has 0 aliphatic carbocycles. The second kappa shape index (κ2) is 7.94. The molecular formula is C18H17F3N4O4. The highest BCUT2D eigenvalue weighted by atomic mass is 19.4. The molecule has 0 radical (unpaired) electrons. The third kappa shape index (κ3) is 4.39. The SMILES string of the molecule is COc1ccc([N+](=O)[O-])cc1C(=O)N1CCN(c2ccc(C(F)(F)F)cn2)CC1. The molecule has 0 atom stereocenters. The number of aromatic nitrogens is 1. The fraction of sp³-hybridized carbons (Fsp3) is 0.333. The van der Waals surface area contributed by atoms with Crippen molar-refractivity contribution in [3.05, 3.63) is 57.8 Å². The van der Waals surface area contributed by atoms with Crippen molar-refractivity contribution in [3.63, 3.8) is 0 Å². The molecule has 2 heterocycles. The Morgan fingerprint density at radius 3 is 2.38 bits per heavy atom. The lowest BCUT2D eigenvalue weighted by Gasteiger charge is -2.35. The number of nitro groups is 1. The highest BCUT2D eigenvalue weighted by Crippen LogP contribution is 2.30. The molecule has 2 aromatic rings. The molecule has 1 aromatic heterocycles. The zero-order valence-corrected chi connectivity index (χ0v) is 15.3. The molecule has 1 saturated heterocycles. The Morgan fingerprint density at radius 1 is 1.17 bits per heavy atom. The largest absolute Gasteiger partial charge is 0.496 e. The van der Waals surface area contributed by atoms with Crippen molar-refractivity contribution >= 4 is 17.4 Å². The average molecular weight is 410 g/mol. The molecule has 1 aliphatic rings. The van der Waals surface area contributed by atoms with Gasteiger partial charge < -0.3 is 14.5 Å². The summed E-state index contributed by atoms with van der Waals surface area (Å²) in [6, 6.07) is 6.06. The van der Waals surface area contributed by atoms with Gasteiger partial charge in [0.05, 0.1) is 23.2 Å². The highest BCUT2D eigenvalue weighted by molar-refractivity contribution is 5.97. The van der Waals surface area contributed by atoms with Crippen molar-refractivity contribution in [1.29, 1.82) is 0 Å². The van der Waals surface area contributed by atoms with Crippen LogP contribution in [0.25, 0.3) is 0 Å². The van der Waals surface area contributed by atoms with Crippen LogP contribution in [0.3, 0.4) is 0 Å². The number of nitro benzene ring substituents is 1. The minimum Gasteiger partial charge on any atom is -0.496 e. The molecule has 0 N–H and O–H groups in total. The second-order valence-electron chi connectivity index (χ2n) is 6.32. The van der Waals surface area contributed by atoms with E-state index in [-0.39, 0.29) is 30.1 Å². The van der Waals surface area contributed by atoms with Gasteiger partial charge in [-0.3, -0.25) is 14.9 Å². The van der Waals surface area contributed by atoms with Crippen molar-refractivity contribution < 1.29 is 27.6 Å². The molecule has 1 aliphatic heterocycles. The van der Waals surface area contributed by atoms with Crippen molar-refractivity contribution in [3.8, 4) is 5.75 Å². The number of ether oxygens (including phenoxy) is 1. The predicted molar refractivity (Wildman–Crippen MR) is 97.0 cm³/mol. The van der Waals surface area contributed by atoms with Crippen LogP contribution in [0.1, 0.15) is 15.9 Å². The van der Waals surface area contributed by atoms with Gasteiger partial charge in [-0.05, 0) is 18.2 Å². The molecule has 0 unspecified atom stereocenters. The van der Waals surface area contributed by atoms with E-state index in [1.54, 1.807) is 4.90 Å². The number of rotatable bonds is 4. The van der Waals surface area contributed by atoms with Crippen molar-refractivity contribution in [2.45, 2.75) is 6.18 Å². The molecule has 0 saturated carbocycles. The number of nitrogens with zero attached hydrogens (tertiary/aromatic N) is 4. The summed E-state index contributed by atoms with van der Waals surface area (Å²) >= 11 is 0. The Bertz CT molecular complexity index is 910. The van der Waals surface area contributed by atoms with E-state index in [0.717, 1.165) is 12.3 Å². The number of hydrogen-bond acceptors (Lipinski definition) is 6. The van der Waals surface area contributed by atoms with Gasteiger partial charge in [-0.25, -0.2) is 4.98 Å². The van der Waals surface area contributed by atoms with Crippen LogP contribution in [-0.4, -0.2) is 54.0 Å². The Morgan fingerprint density at radius 2 is 1.86 bits per heavy atom. The maximum absolute atomic E-state index is 12.8. The second-order valence-corrected chi connectivity index (χ2v) is 6.32. The van der Waals surface area contributed by atoms with E-state index >= 15 is 0 Å². The van der Waals surface area contributed by atoms with Gasteiger partial charge in [-0.2, -0.15) is 13.2 Å². The third-order valence-electron chi connectivity index (χ3n) is 4.59. The van der Waals surface area contributed by atoms with Crippen LogP contribution in [0.5, 0.6) is 5.75 Å². The summed E-state index contributed by atoms with van der Waals surface area (Å²) in [5.74, 6) is 0.205. The first-order chi connectivity index (χ1) is 13.7. The van der Waals surface area contributed by atoms with Crippen LogP contribution in [0.2, 0.25) is 0 Å². The zero-order chi connectivity index (χ0) is 21.2. The zero-order valence-electron chi connectivity index (χ0n) is 15.3. The lowest BCUT2D eigenvalue weighted by atomic mass is 10.1. The monoisotopic (exact) mass is 410 g/mol. The van der Waals surface area contributed by atoms with Crippen LogP contribution < -0.4 is 9.64 Å². The van der Waals surface area contributed by atoms with Gasteiger partial charge in [0, 0.05) is 44.5 Å². The first-order valence-electron chi connectivity index (χ1n) is 8.60. The number of alkyl halides is 3. The van der Waals surface area contributed by atoms with Crippen LogP contribution in [-0.2, 0) is 6.18 Å². The lowest BCUT2D eigenvalue weighted by Crippen LogP contribution is -2.49. The lowest BCUT2D eigenvalue weighted by molar-refractivity contribution is -0.384. The van der Waals surface area contributed by atoms with E-state index in [2.05, 4.69) is 4.98 Å². The standard InChI is InChI=1S/C18H17F3N4O4/c1-29-15-4-3-13(25(27)28)10-14(15)17(26)24-8-6-23(7-9-24)16-5-2-12(11-22-16)18(19,20)21/h2-5,10-11H,6-9H2,1H3. The number of carbonyl (C=O) groups is 1. The number of halogens is 3. The normalized spacial score (nSPS) is 14.6. The number of pyridine rings is 1. The number of amides is 1. The third-order valence-corrected chi connectivity index (χ3v) is 4.59. The van der Waals surface area contributed by atoms with Gasteiger partial charge in [-0.15, -0.1) is 0 Å². The Labute approximate surface area is 163 Å². The number of carbonyl (C=O) groups excluding carboxylic acids is 1. The van der Waals surface area contributed by atoms with Crippen molar-refractivity contribution in [2.75, 3.05) is 38.2 Å². The van der Waals surface area contributed by atoms with E-state index < -0.39 is 22.6 Å². The van der Waals surface area contributed by atoms with Crippen molar-refractivity contribution in [1.82, 2.24) is 9.88 Å². The van der Waals surface area contributed by atoms with Gasteiger partial charge in [0.25, 0.3) is 11.6 Å². The summed E-state index contributed by atoms with van der Waals surface area (Å²) in [5, 5.41) is 11.0. The number of benzene rings is 1. The summed E-state index contributed by atoms with van der Waals surface area (Å²) in [5.41, 5.74) is -0.961. The minimum atomic E-state index is -4.45. The van der Waals surface area contributed by atoms with Crippen LogP contribution >= 0.6 is 0 Å². The summed E-state index contributed by atoms with van der Waals surface area (Å²) in [4.78, 5) is 30.4. The molecule has 154 valence electrons. The van der Waals surface area contributed by atoms with E-state index in [1.807, 2.05) is 0 Å². The number of methoxy groups -OCH3 is 1. The molecule has 3 rings (SSSR count). The van der Waals surface area contributed by atoms with E-state index in [9.17, 15) is 28.1 Å². The van der Waals surface area contributed by atoms with E-state index in [1.165, 1.54) is 36.3 Å². The topological polar surface area (TPSA) is 88.8 Å². The first-order valence-corrected chi connectivity index (χ1v) is 8.60. The molecule has 11 heteroatoms. The Kier molecular flexibility index (Phi) is 5.57. The fourth-order valence-corrected chi connectivity index (χ4v) is 3.03. The highest BCUT2D eigenvalue weighted by Gasteiger charge is 2.31. The van der Waals surface area contributed by atoms with Gasteiger partial charge in [-0.1, -0.05) is 0 Å². The maximum atomic E-state index is 12.8. The summed E-state index contributed by atoms with van der Waals surface area (Å²) < 4.78 is 43.1. The van der Waals surface area contributed by atoms with E-state index in [4.69, 9.17) is 4.74 Å². The average Bonchev–Trinajstić information content (AvgIpc) is 2.72. The smallest absolute Gasteiger partial charge is 0.417 e. The maximum Gasteiger partial charge on any atom is 0.417 e. The molecule has 1 aromatic carbocycles. The first kappa shape index (κ1) is 20.4.